The van der Waals surface area contributed by atoms with Gasteiger partial charge in [-0.1, -0.05) is 29.8 Å². The number of hydrogen-bond donors (Lipinski definition) is 0. The highest BCUT2D eigenvalue weighted by Gasteiger charge is 2.24. The summed E-state index contributed by atoms with van der Waals surface area (Å²) < 4.78 is 9.92. The third-order valence-electron chi connectivity index (χ3n) is 3.25. The first-order valence-corrected chi connectivity index (χ1v) is 7.18. The van der Waals surface area contributed by atoms with Gasteiger partial charge in [-0.05, 0) is 29.8 Å². The average molecular weight is 334 g/mol. The van der Waals surface area contributed by atoms with Gasteiger partial charge in [0.1, 0.15) is 5.75 Å². The zero-order valence-corrected chi connectivity index (χ0v) is 13.8. The second-order valence-corrected chi connectivity index (χ2v) is 5.15. The lowest BCUT2D eigenvalue weighted by Crippen LogP contribution is -2.35. The fraction of sp³-hybridized carbons (Fsp3) is 0.176. The molecule has 2 amide bonds. The third-order valence-corrected chi connectivity index (χ3v) is 3.49. The van der Waals surface area contributed by atoms with Crippen molar-refractivity contribution in [3.05, 3.63) is 47.5 Å². The quantitative estimate of drug-likeness (QED) is 0.847. The standard InChI is InChI=1S/C17H16ClNO4/c1-11(20)19(17(21)23-3)16-10-13(18)7-8-15(16)12-5-4-6-14(9-12)22-2/h4-10H,1-3H3. The molecule has 23 heavy (non-hydrogen) atoms. The molecule has 0 saturated heterocycles. The van der Waals surface area contributed by atoms with Crippen LogP contribution in [0.25, 0.3) is 11.1 Å². The number of amides is 2. The molecule has 0 atom stereocenters. The summed E-state index contributed by atoms with van der Waals surface area (Å²) >= 11 is 6.04. The molecular weight excluding hydrogens is 318 g/mol. The molecule has 2 aromatic carbocycles. The van der Waals surface area contributed by atoms with E-state index >= 15 is 0 Å². The van der Waals surface area contributed by atoms with Crippen LogP contribution >= 0.6 is 11.6 Å². The molecule has 0 heterocycles. The van der Waals surface area contributed by atoms with Crippen molar-refractivity contribution in [2.24, 2.45) is 0 Å². The number of imide groups is 1. The van der Waals surface area contributed by atoms with Crippen LogP contribution in [0, 0.1) is 0 Å². The van der Waals surface area contributed by atoms with E-state index in [9.17, 15) is 9.59 Å². The van der Waals surface area contributed by atoms with E-state index in [4.69, 9.17) is 21.1 Å². The Labute approximate surface area is 139 Å². The Hall–Kier alpha value is -2.53. The molecule has 5 nitrogen and oxygen atoms in total. The molecule has 0 unspecified atom stereocenters. The van der Waals surface area contributed by atoms with Crippen molar-refractivity contribution in [2.45, 2.75) is 6.92 Å². The molecule has 0 spiro atoms. The Morgan fingerprint density at radius 1 is 1.09 bits per heavy atom. The van der Waals surface area contributed by atoms with Crippen molar-refractivity contribution >= 4 is 29.3 Å². The molecule has 0 aliphatic rings. The third kappa shape index (κ3) is 3.63. The van der Waals surface area contributed by atoms with E-state index in [1.807, 2.05) is 24.3 Å². The number of methoxy groups -OCH3 is 2. The molecule has 0 aliphatic carbocycles. The van der Waals surface area contributed by atoms with E-state index < -0.39 is 12.0 Å². The minimum Gasteiger partial charge on any atom is -0.497 e. The van der Waals surface area contributed by atoms with E-state index in [0.29, 0.717) is 22.0 Å². The number of carbonyl (C=O) groups excluding carboxylic acids is 2. The zero-order chi connectivity index (χ0) is 17.0. The van der Waals surface area contributed by atoms with Gasteiger partial charge in [0.25, 0.3) is 0 Å². The molecule has 120 valence electrons. The Morgan fingerprint density at radius 3 is 2.43 bits per heavy atom. The highest BCUT2D eigenvalue weighted by atomic mass is 35.5. The van der Waals surface area contributed by atoms with Crippen LogP contribution in [0.3, 0.4) is 0 Å². The Bertz CT molecular complexity index is 745. The number of anilines is 1. The number of nitrogens with zero attached hydrogens (tertiary/aromatic N) is 1. The summed E-state index contributed by atoms with van der Waals surface area (Å²) in [6.45, 7) is 1.28. The predicted octanol–water partition coefficient (Wildman–Crippen LogP) is 4.13. The normalized spacial score (nSPS) is 10.1. The van der Waals surface area contributed by atoms with Gasteiger partial charge < -0.3 is 9.47 Å². The van der Waals surface area contributed by atoms with E-state index in [1.165, 1.54) is 14.0 Å². The number of halogens is 1. The first-order chi connectivity index (χ1) is 11.0. The maximum absolute atomic E-state index is 12.0. The lowest BCUT2D eigenvalue weighted by atomic mass is 10.0. The lowest BCUT2D eigenvalue weighted by molar-refractivity contribution is -0.116. The lowest BCUT2D eigenvalue weighted by Gasteiger charge is -2.21. The number of carbonyl (C=O) groups is 2. The summed E-state index contributed by atoms with van der Waals surface area (Å²) in [4.78, 5) is 24.9. The van der Waals surface area contributed by atoms with Crippen molar-refractivity contribution in [2.75, 3.05) is 19.1 Å². The van der Waals surface area contributed by atoms with E-state index in [-0.39, 0.29) is 0 Å². The topological polar surface area (TPSA) is 55.8 Å². The Morgan fingerprint density at radius 2 is 1.83 bits per heavy atom. The maximum atomic E-state index is 12.0. The molecule has 0 saturated carbocycles. The molecule has 0 aromatic heterocycles. The van der Waals surface area contributed by atoms with Gasteiger partial charge in [-0.3, -0.25) is 4.79 Å². The van der Waals surface area contributed by atoms with Gasteiger partial charge in [-0.25, -0.2) is 9.69 Å². The smallest absolute Gasteiger partial charge is 0.420 e. The van der Waals surface area contributed by atoms with Gasteiger partial charge in [0.15, 0.2) is 0 Å². The monoisotopic (exact) mass is 333 g/mol. The van der Waals surface area contributed by atoms with Gasteiger partial charge in [-0.2, -0.15) is 0 Å². The second kappa shape index (κ2) is 7.15. The number of hydrogen-bond acceptors (Lipinski definition) is 4. The van der Waals surface area contributed by atoms with Crippen LogP contribution < -0.4 is 9.64 Å². The minimum absolute atomic E-state index is 0.352. The van der Waals surface area contributed by atoms with Gasteiger partial charge in [0.2, 0.25) is 5.91 Å². The van der Waals surface area contributed by atoms with Crippen LogP contribution in [-0.2, 0) is 9.53 Å². The Kier molecular flexibility index (Phi) is 5.24. The molecule has 0 aliphatic heterocycles. The van der Waals surface area contributed by atoms with E-state index in [2.05, 4.69) is 0 Å². The summed E-state index contributed by atoms with van der Waals surface area (Å²) in [5.41, 5.74) is 1.80. The molecular formula is C17H16ClNO4. The molecule has 6 heteroatoms. The molecule has 0 N–H and O–H groups in total. The highest BCUT2D eigenvalue weighted by molar-refractivity contribution is 6.31. The van der Waals surface area contributed by atoms with Gasteiger partial charge in [0, 0.05) is 17.5 Å². The van der Waals surface area contributed by atoms with Gasteiger partial charge in [-0.15, -0.1) is 0 Å². The summed E-state index contributed by atoms with van der Waals surface area (Å²) in [6.07, 6.45) is -0.774. The predicted molar refractivity (Wildman–Crippen MR) is 89.0 cm³/mol. The van der Waals surface area contributed by atoms with Crippen LogP contribution in [0.15, 0.2) is 42.5 Å². The van der Waals surface area contributed by atoms with Crippen LogP contribution in [0.1, 0.15) is 6.92 Å². The molecule has 0 fully saturated rings. The number of ether oxygens (including phenoxy) is 2. The highest BCUT2D eigenvalue weighted by Crippen LogP contribution is 2.35. The largest absolute Gasteiger partial charge is 0.497 e. The zero-order valence-electron chi connectivity index (χ0n) is 13.0. The minimum atomic E-state index is -0.774. The number of rotatable bonds is 3. The average Bonchev–Trinajstić information content (AvgIpc) is 2.54. The molecule has 0 radical (unpaired) electrons. The summed E-state index contributed by atoms with van der Waals surface area (Å²) in [6, 6.07) is 12.3. The SMILES string of the molecule is COC(=O)N(C(C)=O)c1cc(Cl)ccc1-c1cccc(OC)c1. The summed E-state index contributed by atoms with van der Waals surface area (Å²) in [5.74, 6) is 0.194. The van der Waals surface area contributed by atoms with Crippen molar-refractivity contribution in [3.8, 4) is 16.9 Å². The number of benzene rings is 2. The van der Waals surface area contributed by atoms with Crippen molar-refractivity contribution in [3.63, 3.8) is 0 Å². The fourth-order valence-electron chi connectivity index (χ4n) is 2.21. The Balaban J connectivity index is 2.65. The van der Waals surface area contributed by atoms with Crippen molar-refractivity contribution < 1.29 is 19.1 Å². The maximum Gasteiger partial charge on any atom is 0.420 e. The van der Waals surface area contributed by atoms with Crippen LogP contribution in [0.4, 0.5) is 10.5 Å². The van der Waals surface area contributed by atoms with Gasteiger partial charge >= 0.3 is 6.09 Å². The summed E-state index contributed by atoms with van der Waals surface area (Å²) in [7, 11) is 2.78. The van der Waals surface area contributed by atoms with E-state index in [0.717, 1.165) is 10.5 Å². The van der Waals surface area contributed by atoms with E-state index in [1.54, 1.807) is 25.3 Å². The van der Waals surface area contributed by atoms with Crippen LogP contribution in [-0.4, -0.2) is 26.2 Å². The molecule has 2 aromatic rings. The fourth-order valence-corrected chi connectivity index (χ4v) is 2.38. The van der Waals surface area contributed by atoms with Crippen LogP contribution in [0.5, 0.6) is 5.75 Å². The molecule has 0 bridgehead atoms. The summed E-state index contributed by atoms with van der Waals surface area (Å²) in [5, 5.41) is 0.404. The molecule has 2 rings (SSSR count). The van der Waals surface area contributed by atoms with Gasteiger partial charge in [0.05, 0.1) is 19.9 Å². The second-order valence-electron chi connectivity index (χ2n) is 4.72. The van der Waals surface area contributed by atoms with Crippen LogP contribution in [0.2, 0.25) is 5.02 Å². The van der Waals surface area contributed by atoms with Crippen molar-refractivity contribution in [1.82, 2.24) is 0 Å². The van der Waals surface area contributed by atoms with Crippen molar-refractivity contribution in [1.29, 1.82) is 0 Å². The first-order valence-electron chi connectivity index (χ1n) is 6.80. The first kappa shape index (κ1) is 16.8.